The smallest absolute Gasteiger partial charge is 0.277 e. The van der Waals surface area contributed by atoms with Crippen LogP contribution in [0.2, 0.25) is 0 Å². The van der Waals surface area contributed by atoms with E-state index in [0.717, 1.165) is 4.90 Å². The van der Waals surface area contributed by atoms with E-state index in [1.807, 2.05) is 4.58 Å². The summed E-state index contributed by atoms with van der Waals surface area (Å²) in [7, 11) is 4.91. The molecule has 2 rings (SSSR count). The lowest BCUT2D eigenvalue weighted by Gasteiger charge is -2.32. The lowest BCUT2D eigenvalue weighted by Crippen LogP contribution is -2.61. The summed E-state index contributed by atoms with van der Waals surface area (Å²) < 4.78 is 1.92. The van der Waals surface area contributed by atoms with E-state index in [9.17, 15) is 9.59 Å². The second-order valence-corrected chi connectivity index (χ2v) is 5.23. The number of imide groups is 1. The molecule has 0 aliphatic carbocycles. The molecule has 0 aromatic heterocycles. The Labute approximate surface area is 112 Å². The Hall–Kier alpha value is -1.92. The van der Waals surface area contributed by atoms with E-state index in [4.69, 9.17) is 0 Å². The first-order chi connectivity index (χ1) is 8.88. The van der Waals surface area contributed by atoms with Crippen LogP contribution in [-0.2, 0) is 4.79 Å². The van der Waals surface area contributed by atoms with Crippen molar-refractivity contribution in [2.24, 2.45) is 10.9 Å². The molecule has 0 spiro atoms. The Bertz CT molecular complexity index is 494. The zero-order valence-corrected chi connectivity index (χ0v) is 12.0. The zero-order chi connectivity index (χ0) is 14.3. The Balaban J connectivity index is 2.44. The lowest BCUT2D eigenvalue weighted by atomic mass is 10.1. The minimum atomic E-state index is -0.502. The lowest BCUT2D eigenvalue weighted by molar-refractivity contribution is -0.542. The Morgan fingerprint density at radius 3 is 2.47 bits per heavy atom. The van der Waals surface area contributed by atoms with Gasteiger partial charge in [-0.15, -0.1) is 0 Å². The summed E-state index contributed by atoms with van der Waals surface area (Å²) in [6.45, 7) is 4.86. The Kier molecular flexibility index (Phi) is 3.30. The van der Waals surface area contributed by atoms with E-state index in [0.29, 0.717) is 24.3 Å². The predicted molar refractivity (Wildman–Crippen MR) is 71.2 cm³/mol. The molecule has 7 heteroatoms. The Morgan fingerprint density at radius 2 is 1.95 bits per heavy atom. The van der Waals surface area contributed by atoms with Crippen molar-refractivity contribution in [3.63, 3.8) is 0 Å². The average molecular weight is 266 g/mol. The molecule has 1 fully saturated rings. The highest BCUT2D eigenvalue weighted by atomic mass is 16.2. The first-order valence-corrected chi connectivity index (χ1v) is 6.33. The van der Waals surface area contributed by atoms with E-state index >= 15 is 0 Å². The molecule has 7 nitrogen and oxygen atoms in total. The molecule has 0 bridgehead atoms. The summed E-state index contributed by atoms with van der Waals surface area (Å²) in [4.78, 5) is 31.2. The quantitative estimate of drug-likeness (QED) is 0.687. The maximum absolute atomic E-state index is 12.3. The highest BCUT2D eigenvalue weighted by molar-refractivity contribution is 6.22. The molecule has 1 unspecified atom stereocenters. The first-order valence-electron chi connectivity index (χ1n) is 6.33. The maximum Gasteiger partial charge on any atom is 0.389 e. The van der Waals surface area contributed by atoms with Gasteiger partial charge in [-0.05, 0) is 5.92 Å². The van der Waals surface area contributed by atoms with E-state index in [2.05, 4.69) is 24.2 Å². The summed E-state index contributed by atoms with van der Waals surface area (Å²) in [5, 5.41) is 2.99. The standard InChI is InChI=1S/C12H19N5O2/c1-7(2)6-17-8-9(14-11(17)13-3)15(4)12(19)16(5)10(8)18/h7-8H,6H2,1-5H3/p+1. The van der Waals surface area contributed by atoms with Gasteiger partial charge in [0.15, 0.2) is 0 Å². The van der Waals surface area contributed by atoms with Crippen LogP contribution in [0.3, 0.4) is 0 Å². The number of nitrogens with one attached hydrogen (secondary N) is 1. The number of hydrogen-bond donors (Lipinski definition) is 1. The minimum absolute atomic E-state index is 0.229. The first kappa shape index (κ1) is 13.5. The van der Waals surface area contributed by atoms with Gasteiger partial charge in [-0.1, -0.05) is 18.8 Å². The van der Waals surface area contributed by atoms with Gasteiger partial charge in [-0.3, -0.25) is 19.9 Å². The van der Waals surface area contributed by atoms with Crippen molar-refractivity contribution < 1.29 is 14.2 Å². The number of aliphatic imine (C=N–C) groups is 1. The normalized spacial score (nSPS) is 23.3. The van der Waals surface area contributed by atoms with Gasteiger partial charge in [-0.2, -0.15) is 0 Å². The van der Waals surface area contributed by atoms with Gasteiger partial charge >= 0.3 is 12.0 Å². The number of likely N-dealkylation sites (N-methyl/N-ethyl adjacent to an activating group) is 2. The van der Waals surface area contributed by atoms with Crippen LogP contribution in [0.1, 0.15) is 13.8 Å². The topological polar surface area (TPSA) is 68.0 Å². The summed E-state index contributed by atoms with van der Waals surface area (Å²) in [5.41, 5.74) is 0. The highest BCUT2D eigenvalue weighted by Crippen LogP contribution is 2.18. The third kappa shape index (κ3) is 1.98. The minimum Gasteiger partial charge on any atom is -0.277 e. The SMILES string of the molecule is CNC1=[N+](CC(C)C)C2C(=O)N(C)C(=O)N(C)C2=N1. The van der Waals surface area contributed by atoms with Crippen LogP contribution in [0.4, 0.5) is 4.79 Å². The fourth-order valence-electron chi connectivity index (χ4n) is 2.38. The second kappa shape index (κ2) is 4.64. The number of amidine groups is 1. The third-order valence-electron chi connectivity index (χ3n) is 3.32. The summed E-state index contributed by atoms with van der Waals surface area (Å²) >= 11 is 0. The molecule has 19 heavy (non-hydrogen) atoms. The van der Waals surface area contributed by atoms with Gasteiger partial charge in [0.05, 0.1) is 13.6 Å². The molecular formula is C12H20N5O2+. The molecule has 1 atom stereocenters. The van der Waals surface area contributed by atoms with Crippen molar-refractivity contribution in [1.82, 2.24) is 15.1 Å². The number of urea groups is 1. The van der Waals surface area contributed by atoms with Gasteiger partial charge in [0.25, 0.3) is 5.91 Å². The van der Waals surface area contributed by atoms with Gasteiger partial charge in [0.2, 0.25) is 11.9 Å². The molecule has 0 radical (unpaired) electrons. The van der Waals surface area contributed by atoms with Crippen LogP contribution < -0.4 is 5.32 Å². The van der Waals surface area contributed by atoms with Crippen molar-refractivity contribution in [3.8, 4) is 0 Å². The van der Waals surface area contributed by atoms with Crippen LogP contribution in [0.25, 0.3) is 0 Å². The molecular weight excluding hydrogens is 246 g/mol. The van der Waals surface area contributed by atoms with Crippen LogP contribution in [0, 0.1) is 5.92 Å². The molecule has 1 N–H and O–H groups in total. The highest BCUT2D eigenvalue weighted by Gasteiger charge is 2.51. The zero-order valence-electron chi connectivity index (χ0n) is 12.0. The number of carbonyl (C=O) groups excluding carboxylic acids is 2. The van der Waals surface area contributed by atoms with Gasteiger partial charge in [0.1, 0.15) is 0 Å². The molecule has 2 heterocycles. The fourth-order valence-corrected chi connectivity index (χ4v) is 2.38. The largest absolute Gasteiger partial charge is 0.389 e. The number of carbonyl (C=O) groups is 2. The van der Waals surface area contributed by atoms with Gasteiger partial charge in [-0.25, -0.2) is 9.37 Å². The van der Waals surface area contributed by atoms with Crippen molar-refractivity contribution in [3.05, 3.63) is 0 Å². The van der Waals surface area contributed by atoms with Crippen LogP contribution in [0.5, 0.6) is 0 Å². The van der Waals surface area contributed by atoms with Crippen LogP contribution in [0.15, 0.2) is 4.99 Å². The number of guanidine groups is 1. The molecule has 1 saturated heterocycles. The summed E-state index contributed by atoms with van der Waals surface area (Å²) in [5.74, 6) is 1.29. The van der Waals surface area contributed by atoms with Crippen LogP contribution in [-0.4, -0.2) is 71.8 Å². The predicted octanol–water partition coefficient (Wildman–Crippen LogP) is -0.465. The third-order valence-corrected chi connectivity index (χ3v) is 3.32. The molecule has 3 amide bonds. The van der Waals surface area contributed by atoms with Crippen molar-refractivity contribution in [2.75, 3.05) is 27.7 Å². The average Bonchev–Trinajstić information content (AvgIpc) is 2.71. The number of hydrogen-bond acceptors (Lipinski definition) is 4. The van der Waals surface area contributed by atoms with Crippen molar-refractivity contribution in [1.29, 1.82) is 0 Å². The Morgan fingerprint density at radius 1 is 1.32 bits per heavy atom. The molecule has 2 aliphatic heterocycles. The molecule has 2 aliphatic rings. The van der Waals surface area contributed by atoms with E-state index in [1.165, 1.54) is 11.9 Å². The van der Waals surface area contributed by atoms with E-state index < -0.39 is 6.04 Å². The van der Waals surface area contributed by atoms with E-state index in [1.54, 1.807) is 14.1 Å². The maximum atomic E-state index is 12.3. The van der Waals surface area contributed by atoms with Crippen molar-refractivity contribution >= 4 is 23.7 Å². The second-order valence-electron chi connectivity index (χ2n) is 5.23. The van der Waals surface area contributed by atoms with E-state index in [-0.39, 0.29) is 11.9 Å². The molecule has 0 saturated carbocycles. The molecule has 0 aromatic carbocycles. The molecule has 0 aromatic rings. The summed E-state index contributed by atoms with van der Waals surface area (Å²) in [6.07, 6.45) is 0. The summed E-state index contributed by atoms with van der Waals surface area (Å²) in [6, 6.07) is -0.848. The number of fused-ring (bicyclic) bond motifs is 1. The fraction of sp³-hybridized carbons (Fsp3) is 0.667. The monoisotopic (exact) mass is 266 g/mol. The number of nitrogens with zero attached hydrogens (tertiary/aromatic N) is 4. The van der Waals surface area contributed by atoms with Crippen molar-refractivity contribution in [2.45, 2.75) is 19.9 Å². The van der Waals surface area contributed by atoms with Crippen LogP contribution >= 0.6 is 0 Å². The molecule has 104 valence electrons. The number of rotatable bonds is 2. The number of amides is 3. The van der Waals surface area contributed by atoms with Gasteiger partial charge in [0, 0.05) is 14.1 Å². The van der Waals surface area contributed by atoms with Gasteiger partial charge < -0.3 is 0 Å².